The van der Waals surface area contributed by atoms with E-state index >= 15 is 0 Å². The Kier molecular flexibility index (Phi) is 5.23. The van der Waals surface area contributed by atoms with E-state index in [0.29, 0.717) is 29.3 Å². The van der Waals surface area contributed by atoms with Crippen molar-refractivity contribution in [1.29, 1.82) is 0 Å². The molecule has 2 aromatic rings. The van der Waals surface area contributed by atoms with E-state index in [1.54, 1.807) is 23.5 Å². The molecule has 2 heterocycles. The van der Waals surface area contributed by atoms with Gasteiger partial charge in [0, 0.05) is 16.5 Å². The molecule has 0 fully saturated rings. The standard InChI is InChI=1S/C23H30N2O3S/c1-5-23(3,4)13-7-9-16-18(11-13)29-22-19(16)21(27)24-20(25-22)15-10-8-14(28-6-2)12-17(15)26/h8,10,12-13,20,25-26H,5-7,9,11H2,1-4H3,(H,24,27)/t13-,20+/m1/s1. The molecule has 0 spiro atoms. The number of carbonyl (C=O) groups excluding carboxylic acids is 1. The first-order valence-electron chi connectivity index (χ1n) is 10.5. The monoisotopic (exact) mass is 414 g/mol. The first-order chi connectivity index (χ1) is 13.8. The summed E-state index contributed by atoms with van der Waals surface area (Å²) in [4.78, 5) is 14.3. The van der Waals surface area contributed by atoms with Gasteiger partial charge in [0.1, 0.15) is 22.7 Å². The van der Waals surface area contributed by atoms with Gasteiger partial charge in [-0.2, -0.15) is 0 Å². The summed E-state index contributed by atoms with van der Waals surface area (Å²) in [6.45, 7) is 9.41. The normalized spacial score (nSPS) is 21.0. The van der Waals surface area contributed by atoms with E-state index < -0.39 is 6.17 Å². The molecule has 0 bridgehead atoms. The minimum absolute atomic E-state index is 0.0530. The molecule has 0 radical (unpaired) electrons. The van der Waals surface area contributed by atoms with Crippen LogP contribution in [-0.4, -0.2) is 17.6 Å². The number of thiophene rings is 1. The number of hydrogen-bond donors (Lipinski definition) is 3. The number of aromatic hydroxyl groups is 1. The summed E-state index contributed by atoms with van der Waals surface area (Å²) < 4.78 is 5.44. The van der Waals surface area contributed by atoms with Crippen LogP contribution < -0.4 is 15.4 Å². The quantitative estimate of drug-likeness (QED) is 0.625. The summed E-state index contributed by atoms with van der Waals surface area (Å²) in [7, 11) is 0. The third kappa shape index (κ3) is 3.59. The molecule has 29 heavy (non-hydrogen) atoms. The van der Waals surface area contributed by atoms with Crippen LogP contribution in [0.4, 0.5) is 5.00 Å². The lowest BCUT2D eigenvalue weighted by Gasteiger charge is -2.36. The molecule has 2 aliphatic rings. The van der Waals surface area contributed by atoms with Gasteiger partial charge in [-0.05, 0) is 55.2 Å². The summed E-state index contributed by atoms with van der Waals surface area (Å²) in [6.07, 6.45) is 3.85. The summed E-state index contributed by atoms with van der Waals surface area (Å²) in [6, 6.07) is 5.22. The summed E-state index contributed by atoms with van der Waals surface area (Å²) >= 11 is 1.71. The summed E-state index contributed by atoms with van der Waals surface area (Å²) in [5, 5.41) is 17.8. The third-order valence-electron chi connectivity index (χ3n) is 6.68. The van der Waals surface area contributed by atoms with E-state index in [4.69, 9.17) is 4.74 Å². The van der Waals surface area contributed by atoms with Crippen LogP contribution in [-0.2, 0) is 12.8 Å². The Morgan fingerprint density at radius 1 is 1.28 bits per heavy atom. The maximum absolute atomic E-state index is 13.0. The molecule has 0 unspecified atom stereocenters. The number of nitrogens with one attached hydrogen (secondary N) is 2. The number of fused-ring (bicyclic) bond motifs is 3. The van der Waals surface area contributed by atoms with Gasteiger partial charge >= 0.3 is 0 Å². The van der Waals surface area contributed by atoms with Crippen molar-refractivity contribution in [3.8, 4) is 11.5 Å². The minimum Gasteiger partial charge on any atom is -0.507 e. The lowest BCUT2D eigenvalue weighted by Crippen LogP contribution is -2.38. The predicted octanol–water partition coefficient (Wildman–Crippen LogP) is 5.25. The van der Waals surface area contributed by atoms with E-state index in [9.17, 15) is 9.90 Å². The van der Waals surface area contributed by atoms with Crippen LogP contribution in [0.5, 0.6) is 11.5 Å². The number of benzene rings is 1. The van der Waals surface area contributed by atoms with Crippen molar-refractivity contribution in [1.82, 2.24) is 5.32 Å². The number of phenols is 1. The number of rotatable bonds is 5. The highest BCUT2D eigenvalue weighted by molar-refractivity contribution is 7.16. The Balaban J connectivity index is 1.61. The zero-order valence-corrected chi connectivity index (χ0v) is 18.4. The molecule has 1 aromatic heterocycles. The maximum atomic E-state index is 13.0. The van der Waals surface area contributed by atoms with Gasteiger partial charge in [-0.1, -0.05) is 27.2 Å². The van der Waals surface area contributed by atoms with Crippen molar-refractivity contribution < 1.29 is 14.6 Å². The highest BCUT2D eigenvalue weighted by Crippen LogP contribution is 2.47. The second-order valence-corrected chi connectivity index (χ2v) is 9.80. The highest BCUT2D eigenvalue weighted by atomic mass is 32.1. The molecule has 1 aliphatic heterocycles. The van der Waals surface area contributed by atoms with Crippen molar-refractivity contribution in [2.24, 2.45) is 11.3 Å². The van der Waals surface area contributed by atoms with Crippen LogP contribution in [0.25, 0.3) is 0 Å². The van der Waals surface area contributed by atoms with Crippen LogP contribution in [0.2, 0.25) is 0 Å². The largest absolute Gasteiger partial charge is 0.507 e. The molecular formula is C23H30N2O3S. The van der Waals surface area contributed by atoms with E-state index in [0.717, 1.165) is 36.2 Å². The van der Waals surface area contributed by atoms with Gasteiger partial charge in [0.2, 0.25) is 0 Å². The van der Waals surface area contributed by atoms with Crippen molar-refractivity contribution in [2.75, 3.05) is 11.9 Å². The molecule has 4 rings (SSSR count). The van der Waals surface area contributed by atoms with Crippen LogP contribution in [0.1, 0.15) is 73.1 Å². The van der Waals surface area contributed by atoms with Gasteiger partial charge < -0.3 is 20.5 Å². The highest BCUT2D eigenvalue weighted by Gasteiger charge is 2.37. The van der Waals surface area contributed by atoms with Gasteiger partial charge in [0.25, 0.3) is 5.91 Å². The second-order valence-electron chi connectivity index (χ2n) is 8.69. The SMILES string of the molecule is CCOc1ccc([C@H]2NC(=O)c3c(sc4c3CC[C@@H](C(C)(C)CC)C4)N2)c(O)c1. The third-order valence-corrected chi connectivity index (χ3v) is 7.87. The molecule has 1 aliphatic carbocycles. The summed E-state index contributed by atoms with van der Waals surface area (Å²) in [5.74, 6) is 1.33. The molecule has 1 aromatic carbocycles. The smallest absolute Gasteiger partial charge is 0.256 e. The Hall–Kier alpha value is -2.21. The average Bonchev–Trinajstić information content (AvgIpc) is 3.06. The van der Waals surface area contributed by atoms with Crippen molar-refractivity contribution in [3.63, 3.8) is 0 Å². The Labute approximate surface area is 176 Å². The number of phenolic OH excluding ortho intramolecular Hbond substituents is 1. The molecule has 0 saturated heterocycles. The van der Waals surface area contributed by atoms with Crippen LogP contribution in [0.15, 0.2) is 18.2 Å². The Morgan fingerprint density at radius 3 is 2.76 bits per heavy atom. The predicted molar refractivity (Wildman–Crippen MR) is 117 cm³/mol. The molecule has 0 saturated carbocycles. The number of hydrogen-bond acceptors (Lipinski definition) is 5. The molecule has 1 amide bonds. The number of ether oxygens (including phenoxy) is 1. The fraction of sp³-hybridized carbons (Fsp3) is 0.522. The molecular weight excluding hydrogens is 384 g/mol. The molecule has 6 heteroatoms. The zero-order valence-electron chi connectivity index (χ0n) is 17.6. The molecule has 5 nitrogen and oxygen atoms in total. The molecule has 2 atom stereocenters. The first kappa shape index (κ1) is 20.1. The lowest BCUT2D eigenvalue weighted by molar-refractivity contribution is 0.0934. The number of anilines is 1. The Morgan fingerprint density at radius 2 is 2.07 bits per heavy atom. The topological polar surface area (TPSA) is 70.6 Å². The van der Waals surface area contributed by atoms with Crippen LogP contribution in [0, 0.1) is 11.3 Å². The van der Waals surface area contributed by atoms with Crippen LogP contribution >= 0.6 is 11.3 Å². The van der Waals surface area contributed by atoms with Gasteiger partial charge in [-0.3, -0.25) is 4.79 Å². The van der Waals surface area contributed by atoms with E-state index in [1.807, 2.05) is 13.0 Å². The van der Waals surface area contributed by atoms with Gasteiger partial charge in [0.15, 0.2) is 0 Å². The fourth-order valence-corrected chi connectivity index (χ4v) is 5.79. The van der Waals surface area contributed by atoms with Gasteiger partial charge in [-0.25, -0.2) is 0 Å². The molecule has 156 valence electrons. The zero-order chi connectivity index (χ0) is 20.8. The lowest BCUT2D eigenvalue weighted by atomic mass is 9.69. The van der Waals surface area contributed by atoms with E-state index in [2.05, 4.69) is 31.4 Å². The van der Waals surface area contributed by atoms with Crippen molar-refractivity contribution in [2.45, 2.75) is 59.5 Å². The van der Waals surface area contributed by atoms with E-state index in [-0.39, 0.29) is 11.7 Å². The van der Waals surface area contributed by atoms with E-state index in [1.165, 1.54) is 10.4 Å². The average molecular weight is 415 g/mol. The van der Waals surface area contributed by atoms with Gasteiger partial charge in [0.05, 0.1) is 12.2 Å². The maximum Gasteiger partial charge on any atom is 0.256 e. The second kappa shape index (κ2) is 7.56. The van der Waals surface area contributed by atoms with Crippen molar-refractivity contribution in [3.05, 3.63) is 39.8 Å². The fourth-order valence-electron chi connectivity index (χ4n) is 4.43. The van der Waals surface area contributed by atoms with Gasteiger partial charge in [-0.15, -0.1) is 11.3 Å². The first-order valence-corrected chi connectivity index (χ1v) is 11.3. The van der Waals surface area contributed by atoms with Crippen molar-refractivity contribution >= 4 is 22.2 Å². The Bertz CT molecular complexity index is 934. The minimum atomic E-state index is -0.450. The number of carbonyl (C=O) groups is 1. The number of amides is 1. The molecule has 3 N–H and O–H groups in total. The summed E-state index contributed by atoms with van der Waals surface area (Å²) in [5.41, 5.74) is 2.98. The van der Waals surface area contributed by atoms with Crippen LogP contribution in [0.3, 0.4) is 0 Å².